The summed E-state index contributed by atoms with van der Waals surface area (Å²) in [7, 11) is 0. The second-order valence-electron chi connectivity index (χ2n) is 4.85. The van der Waals surface area contributed by atoms with Gasteiger partial charge in [0.15, 0.2) is 0 Å². The molecule has 5 heteroatoms. The Labute approximate surface area is 138 Å². The van der Waals surface area contributed by atoms with Crippen LogP contribution < -0.4 is 5.73 Å². The highest BCUT2D eigenvalue weighted by Crippen LogP contribution is 2.31. The number of hydrogen-bond acceptors (Lipinski definition) is 2. The minimum absolute atomic E-state index is 0.271. The molecule has 0 spiro atoms. The highest BCUT2D eigenvalue weighted by molar-refractivity contribution is 9.11. The minimum Gasteiger partial charge on any atom is -0.458 e. The Hall–Kier alpha value is -1.17. The van der Waals surface area contributed by atoms with Crippen LogP contribution in [0.15, 0.2) is 55.8 Å². The first-order chi connectivity index (χ1) is 10.0. The van der Waals surface area contributed by atoms with Crippen LogP contribution in [0.3, 0.4) is 0 Å². The SMILES string of the molecule is NC(Cc1ccc(F)cc1Br)c1cc2cccc(Br)c2o1. The summed E-state index contributed by atoms with van der Waals surface area (Å²) in [6.45, 7) is 0. The van der Waals surface area contributed by atoms with Gasteiger partial charge in [-0.1, -0.05) is 34.1 Å². The van der Waals surface area contributed by atoms with Gasteiger partial charge in [0.05, 0.1) is 10.5 Å². The lowest BCUT2D eigenvalue weighted by Gasteiger charge is -2.10. The van der Waals surface area contributed by atoms with E-state index in [2.05, 4.69) is 31.9 Å². The Bertz CT molecular complexity index is 800. The van der Waals surface area contributed by atoms with Crippen molar-refractivity contribution in [3.63, 3.8) is 0 Å². The van der Waals surface area contributed by atoms with Crippen molar-refractivity contribution in [1.82, 2.24) is 0 Å². The third-order valence-corrected chi connectivity index (χ3v) is 4.70. The van der Waals surface area contributed by atoms with Gasteiger partial charge in [0.25, 0.3) is 0 Å². The van der Waals surface area contributed by atoms with Crippen LogP contribution >= 0.6 is 31.9 Å². The zero-order valence-corrected chi connectivity index (χ0v) is 14.1. The van der Waals surface area contributed by atoms with Gasteiger partial charge in [-0.25, -0.2) is 4.39 Å². The molecule has 21 heavy (non-hydrogen) atoms. The molecule has 0 amide bonds. The number of nitrogens with two attached hydrogens (primary N) is 1. The van der Waals surface area contributed by atoms with Gasteiger partial charge in [-0.3, -0.25) is 0 Å². The van der Waals surface area contributed by atoms with Crippen molar-refractivity contribution in [3.8, 4) is 0 Å². The Morgan fingerprint density at radius 2 is 1.90 bits per heavy atom. The van der Waals surface area contributed by atoms with Crippen LogP contribution in [0, 0.1) is 5.82 Å². The van der Waals surface area contributed by atoms with Gasteiger partial charge in [0.1, 0.15) is 17.2 Å². The quantitative estimate of drug-likeness (QED) is 0.630. The van der Waals surface area contributed by atoms with Crippen LogP contribution in [-0.4, -0.2) is 0 Å². The maximum absolute atomic E-state index is 13.1. The summed E-state index contributed by atoms with van der Waals surface area (Å²) >= 11 is 6.82. The summed E-state index contributed by atoms with van der Waals surface area (Å²) in [4.78, 5) is 0. The average Bonchev–Trinajstić information content (AvgIpc) is 2.87. The molecule has 0 aliphatic carbocycles. The monoisotopic (exact) mass is 411 g/mol. The van der Waals surface area contributed by atoms with E-state index in [1.54, 1.807) is 6.07 Å². The van der Waals surface area contributed by atoms with Gasteiger partial charge in [-0.05, 0) is 52.2 Å². The zero-order chi connectivity index (χ0) is 15.0. The van der Waals surface area contributed by atoms with Crippen LogP contribution in [-0.2, 0) is 6.42 Å². The van der Waals surface area contributed by atoms with E-state index in [1.807, 2.05) is 24.3 Å². The summed E-state index contributed by atoms with van der Waals surface area (Å²) < 4.78 is 20.6. The minimum atomic E-state index is -0.286. The van der Waals surface area contributed by atoms with Gasteiger partial charge in [0.2, 0.25) is 0 Å². The molecular formula is C16H12Br2FNO. The molecular weight excluding hydrogens is 401 g/mol. The van der Waals surface area contributed by atoms with Gasteiger partial charge in [0, 0.05) is 9.86 Å². The number of fused-ring (bicyclic) bond motifs is 1. The van der Waals surface area contributed by atoms with Crippen molar-refractivity contribution in [2.75, 3.05) is 0 Å². The number of hydrogen-bond donors (Lipinski definition) is 1. The van der Waals surface area contributed by atoms with E-state index in [0.717, 1.165) is 25.5 Å². The molecule has 0 radical (unpaired) electrons. The first-order valence-corrected chi connectivity index (χ1v) is 8.00. The number of halogens is 3. The average molecular weight is 413 g/mol. The highest BCUT2D eigenvalue weighted by atomic mass is 79.9. The van der Waals surface area contributed by atoms with Crippen molar-refractivity contribution >= 4 is 42.8 Å². The summed E-state index contributed by atoms with van der Waals surface area (Å²) in [5.74, 6) is 0.444. The Morgan fingerprint density at radius 3 is 2.62 bits per heavy atom. The van der Waals surface area contributed by atoms with Crippen LogP contribution in [0.1, 0.15) is 17.4 Å². The predicted molar refractivity (Wildman–Crippen MR) is 88.6 cm³/mol. The molecule has 0 aliphatic rings. The summed E-state index contributed by atoms with van der Waals surface area (Å²) in [5.41, 5.74) is 7.96. The molecule has 1 unspecified atom stereocenters. The third-order valence-electron chi connectivity index (χ3n) is 3.34. The maximum atomic E-state index is 13.1. The lowest BCUT2D eigenvalue weighted by atomic mass is 10.0. The van der Waals surface area contributed by atoms with Gasteiger partial charge >= 0.3 is 0 Å². The molecule has 1 aromatic heterocycles. The molecule has 0 saturated carbocycles. The summed E-state index contributed by atoms with van der Waals surface area (Å²) in [6, 6.07) is 12.1. The fraction of sp³-hybridized carbons (Fsp3) is 0.125. The first-order valence-electron chi connectivity index (χ1n) is 6.42. The zero-order valence-electron chi connectivity index (χ0n) is 10.9. The van der Waals surface area contributed by atoms with E-state index in [-0.39, 0.29) is 11.9 Å². The molecule has 2 aromatic carbocycles. The van der Waals surface area contributed by atoms with Crippen molar-refractivity contribution in [2.45, 2.75) is 12.5 Å². The van der Waals surface area contributed by atoms with Crippen LogP contribution in [0.25, 0.3) is 11.0 Å². The van der Waals surface area contributed by atoms with Gasteiger partial charge in [-0.2, -0.15) is 0 Å². The van der Waals surface area contributed by atoms with Crippen molar-refractivity contribution < 1.29 is 8.81 Å². The summed E-state index contributed by atoms with van der Waals surface area (Å²) in [5, 5.41) is 1.01. The van der Waals surface area contributed by atoms with E-state index in [4.69, 9.17) is 10.2 Å². The lowest BCUT2D eigenvalue weighted by Crippen LogP contribution is -2.12. The standard InChI is InChI=1S/C16H12Br2FNO/c17-12-3-1-2-10-7-15(21-16(10)12)14(20)6-9-4-5-11(19)8-13(9)18/h1-5,7-8,14H,6,20H2. The van der Waals surface area contributed by atoms with E-state index in [0.29, 0.717) is 12.2 Å². The van der Waals surface area contributed by atoms with E-state index < -0.39 is 0 Å². The smallest absolute Gasteiger partial charge is 0.148 e. The molecule has 3 rings (SSSR count). The molecule has 0 bridgehead atoms. The number of furan rings is 1. The van der Waals surface area contributed by atoms with Crippen LogP contribution in [0.4, 0.5) is 4.39 Å². The molecule has 0 aliphatic heterocycles. The van der Waals surface area contributed by atoms with Crippen molar-refractivity contribution in [3.05, 3.63) is 68.6 Å². The first kappa shape index (κ1) is 14.8. The normalized spacial score (nSPS) is 12.8. The Balaban J connectivity index is 1.90. The Morgan fingerprint density at radius 1 is 1.10 bits per heavy atom. The molecule has 2 nitrogen and oxygen atoms in total. The topological polar surface area (TPSA) is 39.2 Å². The number of rotatable bonds is 3. The van der Waals surface area contributed by atoms with Gasteiger partial charge in [-0.15, -0.1) is 0 Å². The molecule has 0 saturated heterocycles. The maximum Gasteiger partial charge on any atom is 0.148 e. The second-order valence-corrected chi connectivity index (χ2v) is 6.56. The van der Waals surface area contributed by atoms with Crippen LogP contribution in [0.2, 0.25) is 0 Å². The molecule has 3 aromatic rings. The Kier molecular flexibility index (Phi) is 4.15. The van der Waals surface area contributed by atoms with Crippen LogP contribution in [0.5, 0.6) is 0 Å². The second kappa shape index (κ2) is 5.91. The lowest BCUT2D eigenvalue weighted by molar-refractivity contribution is 0.492. The predicted octanol–water partition coefficient (Wildman–Crippen LogP) is 5.34. The summed E-state index contributed by atoms with van der Waals surface area (Å²) in [6.07, 6.45) is 0.568. The number of para-hydroxylation sites is 1. The fourth-order valence-electron chi connectivity index (χ4n) is 2.25. The largest absolute Gasteiger partial charge is 0.458 e. The van der Waals surface area contributed by atoms with Gasteiger partial charge < -0.3 is 10.2 Å². The van der Waals surface area contributed by atoms with E-state index >= 15 is 0 Å². The molecule has 2 N–H and O–H groups in total. The molecule has 1 atom stereocenters. The number of benzene rings is 2. The third kappa shape index (κ3) is 3.05. The highest BCUT2D eigenvalue weighted by Gasteiger charge is 2.15. The van der Waals surface area contributed by atoms with Crippen molar-refractivity contribution in [1.29, 1.82) is 0 Å². The molecule has 108 valence electrons. The van der Waals surface area contributed by atoms with E-state index in [1.165, 1.54) is 12.1 Å². The molecule has 1 heterocycles. The van der Waals surface area contributed by atoms with Crippen molar-refractivity contribution in [2.24, 2.45) is 5.73 Å². The molecule has 0 fully saturated rings. The van der Waals surface area contributed by atoms with E-state index in [9.17, 15) is 4.39 Å². The fourth-order valence-corrected chi connectivity index (χ4v) is 3.23.